The maximum Gasteiger partial charge on any atom is 0.0545 e. The molecular formula is C48H32N2S. The van der Waals surface area contributed by atoms with Crippen LogP contribution in [-0.2, 0) is 0 Å². The third-order valence-corrected chi connectivity index (χ3v) is 11.3. The van der Waals surface area contributed by atoms with Crippen LogP contribution in [0.4, 0.5) is 17.1 Å². The second-order valence-electron chi connectivity index (χ2n) is 13.0. The van der Waals surface area contributed by atoms with E-state index < -0.39 is 0 Å². The van der Waals surface area contributed by atoms with Gasteiger partial charge in [0, 0.05) is 64.7 Å². The van der Waals surface area contributed by atoms with E-state index in [-0.39, 0.29) is 0 Å². The number of nitrogens with zero attached hydrogens (tertiary/aromatic N) is 1. The van der Waals surface area contributed by atoms with E-state index in [1.807, 2.05) is 11.3 Å². The quantitative estimate of drug-likeness (QED) is 0.187. The number of H-pyrrole nitrogens is 1. The first-order chi connectivity index (χ1) is 25.3. The van der Waals surface area contributed by atoms with Crippen molar-refractivity contribution < 1.29 is 0 Å². The average Bonchev–Trinajstić information content (AvgIpc) is 3.78. The van der Waals surface area contributed by atoms with Gasteiger partial charge in [0.2, 0.25) is 0 Å². The summed E-state index contributed by atoms with van der Waals surface area (Å²) in [5.41, 5.74) is 13.1. The Morgan fingerprint density at radius 3 is 1.57 bits per heavy atom. The summed E-state index contributed by atoms with van der Waals surface area (Å²) in [5.74, 6) is 0. The number of thiophene rings is 1. The Labute approximate surface area is 300 Å². The lowest BCUT2D eigenvalue weighted by molar-refractivity contribution is 1.29. The summed E-state index contributed by atoms with van der Waals surface area (Å²) >= 11 is 1.88. The summed E-state index contributed by atoms with van der Waals surface area (Å²) in [5, 5.41) is 5.07. The molecule has 240 valence electrons. The number of anilines is 3. The number of fused-ring (bicyclic) bond motifs is 6. The van der Waals surface area contributed by atoms with E-state index in [2.05, 4.69) is 198 Å². The van der Waals surface area contributed by atoms with Gasteiger partial charge in [0.15, 0.2) is 0 Å². The molecule has 10 rings (SSSR count). The Hall–Kier alpha value is -6.42. The molecule has 0 saturated heterocycles. The van der Waals surface area contributed by atoms with Crippen molar-refractivity contribution >= 4 is 70.4 Å². The molecule has 0 bridgehead atoms. The van der Waals surface area contributed by atoms with Crippen molar-refractivity contribution in [3.8, 4) is 33.4 Å². The fourth-order valence-corrected chi connectivity index (χ4v) is 8.76. The Morgan fingerprint density at radius 2 is 0.902 bits per heavy atom. The summed E-state index contributed by atoms with van der Waals surface area (Å²) in [4.78, 5) is 6.11. The summed E-state index contributed by atoms with van der Waals surface area (Å²) in [7, 11) is 0. The number of nitrogens with one attached hydrogen (secondary N) is 1. The highest BCUT2D eigenvalue weighted by Crippen LogP contribution is 2.45. The Bertz CT molecular complexity index is 2750. The van der Waals surface area contributed by atoms with Crippen LogP contribution in [0, 0.1) is 0 Å². The molecule has 0 aliphatic carbocycles. The van der Waals surface area contributed by atoms with E-state index in [9.17, 15) is 0 Å². The number of hydrogen-bond acceptors (Lipinski definition) is 2. The highest BCUT2D eigenvalue weighted by Gasteiger charge is 2.18. The molecule has 0 saturated carbocycles. The van der Waals surface area contributed by atoms with Crippen molar-refractivity contribution in [2.45, 2.75) is 0 Å². The standard InChI is InChI=1S/C48H32N2S/c1-3-11-32(12-4-1)34-21-25-36(26-22-34)50(37-27-23-35(24-28-37)33-13-5-2-6-14-33)38-29-30-46-44(31-38)43-19-10-18-42(48(43)51-46)41-17-9-16-40-39-15-7-8-20-45(39)49-47(40)41/h1-31,49H. The second kappa shape index (κ2) is 12.2. The monoisotopic (exact) mass is 668 g/mol. The topological polar surface area (TPSA) is 19.0 Å². The van der Waals surface area contributed by atoms with Crippen LogP contribution in [0.3, 0.4) is 0 Å². The van der Waals surface area contributed by atoms with E-state index >= 15 is 0 Å². The van der Waals surface area contributed by atoms with Gasteiger partial charge in [-0.2, -0.15) is 0 Å². The number of aromatic nitrogens is 1. The van der Waals surface area contributed by atoms with Crippen molar-refractivity contribution in [3.63, 3.8) is 0 Å². The lowest BCUT2D eigenvalue weighted by atomic mass is 10.00. The number of aromatic amines is 1. The summed E-state index contributed by atoms with van der Waals surface area (Å²) in [6, 6.07) is 68.0. The van der Waals surface area contributed by atoms with Gasteiger partial charge in [-0.05, 0) is 70.8 Å². The maximum absolute atomic E-state index is 3.73. The molecule has 0 atom stereocenters. The van der Waals surface area contributed by atoms with Gasteiger partial charge in [0.25, 0.3) is 0 Å². The third kappa shape index (κ3) is 5.10. The molecule has 2 aromatic heterocycles. The average molecular weight is 669 g/mol. The lowest BCUT2D eigenvalue weighted by Gasteiger charge is -2.26. The summed E-state index contributed by atoms with van der Waals surface area (Å²) in [6.45, 7) is 0. The molecule has 1 N–H and O–H groups in total. The molecule has 0 amide bonds. The van der Waals surface area contributed by atoms with Crippen LogP contribution >= 0.6 is 11.3 Å². The van der Waals surface area contributed by atoms with Gasteiger partial charge < -0.3 is 9.88 Å². The summed E-state index contributed by atoms with van der Waals surface area (Å²) in [6.07, 6.45) is 0. The minimum atomic E-state index is 1.12. The molecule has 10 aromatic rings. The zero-order valence-corrected chi connectivity index (χ0v) is 28.6. The van der Waals surface area contributed by atoms with E-state index in [0.717, 1.165) is 17.1 Å². The van der Waals surface area contributed by atoms with Crippen LogP contribution in [0.25, 0.3) is 75.4 Å². The number of benzene rings is 8. The molecule has 8 aromatic carbocycles. The van der Waals surface area contributed by atoms with Gasteiger partial charge in [0.05, 0.1) is 5.52 Å². The number of para-hydroxylation sites is 2. The zero-order valence-electron chi connectivity index (χ0n) is 27.8. The highest BCUT2D eigenvalue weighted by atomic mass is 32.1. The molecule has 3 heteroatoms. The predicted octanol–water partition coefficient (Wildman–Crippen LogP) is 14.2. The Balaban J connectivity index is 1.11. The first-order valence-electron chi connectivity index (χ1n) is 17.3. The third-order valence-electron chi connectivity index (χ3n) is 10.0. The van der Waals surface area contributed by atoms with Crippen molar-refractivity contribution in [2.24, 2.45) is 0 Å². The zero-order chi connectivity index (χ0) is 33.7. The van der Waals surface area contributed by atoms with Crippen LogP contribution in [0.5, 0.6) is 0 Å². The number of hydrogen-bond donors (Lipinski definition) is 1. The van der Waals surface area contributed by atoms with Gasteiger partial charge in [-0.1, -0.05) is 140 Å². The minimum Gasteiger partial charge on any atom is -0.354 e. The van der Waals surface area contributed by atoms with Gasteiger partial charge in [-0.25, -0.2) is 0 Å². The minimum absolute atomic E-state index is 1.12. The van der Waals surface area contributed by atoms with E-state index in [1.54, 1.807) is 0 Å². The van der Waals surface area contributed by atoms with Gasteiger partial charge >= 0.3 is 0 Å². The SMILES string of the molecule is c1ccc(-c2ccc(N(c3ccc(-c4ccccc4)cc3)c3ccc4sc5c(-c6cccc7c6[nH]c6ccccc67)cccc5c4c3)cc2)cc1. The summed E-state index contributed by atoms with van der Waals surface area (Å²) < 4.78 is 2.59. The van der Waals surface area contributed by atoms with Gasteiger partial charge in [-0.3, -0.25) is 0 Å². The molecular weight excluding hydrogens is 637 g/mol. The van der Waals surface area contributed by atoms with Gasteiger partial charge in [0.1, 0.15) is 0 Å². The van der Waals surface area contributed by atoms with Gasteiger partial charge in [-0.15, -0.1) is 11.3 Å². The molecule has 0 radical (unpaired) electrons. The van der Waals surface area contributed by atoms with Crippen molar-refractivity contribution in [1.29, 1.82) is 0 Å². The normalized spacial score (nSPS) is 11.5. The van der Waals surface area contributed by atoms with E-state index in [4.69, 9.17) is 0 Å². The molecule has 0 unspecified atom stereocenters. The van der Waals surface area contributed by atoms with Crippen molar-refractivity contribution in [3.05, 3.63) is 188 Å². The van der Waals surface area contributed by atoms with Crippen LogP contribution < -0.4 is 4.90 Å². The fraction of sp³-hybridized carbons (Fsp3) is 0. The first-order valence-corrected chi connectivity index (χ1v) is 18.2. The predicted molar refractivity (Wildman–Crippen MR) is 220 cm³/mol. The van der Waals surface area contributed by atoms with Crippen LogP contribution in [-0.4, -0.2) is 4.98 Å². The number of rotatable bonds is 6. The first kappa shape index (κ1) is 29.5. The molecule has 0 aliphatic rings. The Kier molecular flexibility index (Phi) is 7.04. The fourth-order valence-electron chi connectivity index (χ4n) is 7.55. The largest absolute Gasteiger partial charge is 0.354 e. The molecule has 2 nitrogen and oxygen atoms in total. The van der Waals surface area contributed by atoms with E-state index in [1.165, 1.54) is 75.4 Å². The van der Waals surface area contributed by atoms with Crippen molar-refractivity contribution in [2.75, 3.05) is 4.90 Å². The molecule has 0 aliphatic heterocycles. The highest BCUT2D eigenvalue weighted by molar-refractivity contribution is 7.26. The van der Waals surface area contributed by atoms with Crippen LogP contribution in [0.2, 0.25) is 0 Å². The Morgan fingerprint density at radius 1 is 0.373 bits per heavy atom. The molecule has 0 fully saturated rings. The molecule has 51 heavy (non-hydrogen) atoms. The second-order valence-corrected chi connectivity index (χ2v) is 14.1. The smallest absolute Gasteiger partial charge is 0.0545 e. The van der Waals surface area contributed by atoms with E-state index in [0.29, 0.717) is 0 Å². The lowest BCUT2D eigenvalue weighted by Crippen LogP contribution is -2.09. The van der Waals surface area contributed by atoms with Crippen molar-refractivity contribution in [1.82, 2.24) is 4.98 Å². The molecule has 2 heterocycles. The van der Waals surface area contributed by atoms with Crippen LogP contribution in [0.1, 0.15) is 0 Å². The maximum atomic E-state index is 3.73. The van der Waals surface area contributed by atoms with Crippen LogP contribution in [0.15, 0.2) is 188 Å². The molecule has 0 spiro atoms.